The van der Waals surface area contributed by atoms with E-state index in [0.717, 1.165) is 0 Å². The van der Waals surface area contributed by atoms with E-state index in [1.165, 1.54) is 19.4 Å². The topological polar surface area (TPSA) is 91.4 Å². The molecule has 1 aromatic heterocycles. The van der Waals surface area contributed by atoms with Gasteiger partial charge in [-0.15, -0.1) is 0 Å². The standard InChI is InChI=1S/C13H15ClN2O4S/c1-20-13-4-2-3-12(14)11(13)7-16-21(18,19)10-5-9(8-17)15-6-10/h2-6,15-17H,7-8H2,1H3. The van der Waals surface area contributed by atoms with Crippen LogP contribution in [0.1, 0.15) is 11.3 Å². The van der Waals surface area contributed by atoms with Crippen LogP contribution in [0, 0.1) is 0 Å². The van der Waals surface area contributed by atoms with Crippen molar-refractivity contribution in [3.63, 3.8) is 0 Å². The number of ether oxygens (including phenoxy) is 1. The van der Waals surface area contributed by atoms with Crippen molar-refractivity contribution >= 4 is 21.6 Å². The number of rotatable bonds is 6. The smallest absolute Gasteiger partial charge is 0.242 e. The number of nitrogens with one attached hydrogen (secondary N) is 2. The van der Waals surface area contributed by atoms with Crippen LogP contribution in [0.15, 0.2) is 35.4 Å². The van der Waals surface area contributed by atoms with Crippen molar-refractivity contribution in [2.45, 2.75) is 18.0 Å². The fraction of sp³-hybridized carbons (Fsp3) is 0.231. The Hall–Kier alpha value is -1.54. The minimum Gasteiger partial charge on any atom is -0.496 e. The Labute approximate surface area is 127 Å². The molecule has 0 spiro atoms. The Morgan fingerprint density at radius 3 is 2.81 bits per heavy atom. The van der Waals surface area contributed by atoms with Gasteiger partial charge in [0.15, 0.2) is 0 Å². The SMILES string of the molecule is COc1cccc(Cl)c1CNS(=O)(=O)c1c[nH]c(CO)c1. The molecule has 21 heavy (non-hydrogen) atoms. The van der Waals surface area contributed by atoms with Gasteiger partial charge in [0.25, 0.3) is 0 Å². The van der Waals surface area contributed by atoms with Crippen LogP contribution in [0.25, 0.3) is 0 Å². The lowest BCUT2D eigenvalue weighted by Crippen LogP contribution is -2.23. The lowest BCUT2D eigenvalue weighted by molar-refractivity contribution is 0.277. The van der Waals surface area contributed by atoms with Crippen molar-refractivity contribution in [3.05, 3.63) is 46.7 Å². The van der Waals surface area contributed by atoms with Gasteiger partial charge in [0.1, 0.15) is 5.75 Å². The van der Waals surface area contributed by atoms with Gasteiger partial charge in [0.05, 0.1) is 18.6 Å². The van der Waals surface area contributed by atoms with E-state index in [1.54, 1.807) is 18.2 Å². The van der Waals surface area contributed by atoms with Crippen molar-refractivity contribution < 1.29 is 18.3 Å². The first-order valence-corrected chi connectivity index (χ1v) is 7.93. The number of halogens is 1. The first-order valence-electron chi connectivity index (χ1n) is 6.07. The summed E-state index contributed by atoms with van der Waals surface area (Å²) in [4.78, 5) is 2.73. The Kier molecular flexibility index (Phi) is 4.89. The normalized spacial score (nSPS) is 11.6. The van der Waals surface area contributed by atoms with Crippen molar-refractivity contribution in [1.82, 2.24) is 9.71 Å². The van der Waals surface area contributed by atoms with Crippen molar-refractivity contribution in [1.29, 1.82) is 0 Å². The number of hydrogen-bond acceptors (Lipinski definition) is 4. The Morgan fingerprint density at radius 2 is 2.19 bits per heavy atom. The number of aromatic nitrogens is 1. The molecule has 6 nitrogen and oxygen atoms in total. The molecule has 0 fully saturated rings. The summed E-state index contributed by atoms with van der Waals surface area (Å²) in [5, 5.41) is 9.37. The van der Waals surface area contributed by atoms with Crippen LogP contribution in [0.4, 0.5) is 0 Å². The van der Waals surface area contributed by atoms with Crippen LogP contribution in [-0.2, 0) is 23.2 Å². The maximum Gasteiger partial charge on any atom is 0.242 e. The average Bonchev–Trinajstić information content (AvgIpc) is 2.95. The third-order valence-electron chi connectivity index (χ3n) is 2.93. The molecule has 2 rings (SSSR count). The molecule has 0 amide bonds. The molecule has 0 aliphatic heterocycles. The zero-order chi connectivity index (χ0) is 15.5. The fourth-order valence-corrected chi connectivity index (χ4v) is 3.06. The summed E-state index contributed by atoms with van der Waals surface area (Å²) in [6.45, 7) is -0.251. The van der Waals surface area contributed by atoms with Crippen molar-refractivity contribution in [2.24, 2.45) is 0 Å². The maximum absolute atomic E-state index is 12.1. The molecule has 3 N–H and O–H groups in total. The van der Waals surface area contributed by atoms with E-state index in [4.69, 9.17) is 21.4 Å². The van der Waals surface area contributed by atoms with Crippen LogP contribution in [0.3, 0.4) is 0 Å². The summed E-state index contributed by atoms with van der Waals surface area (Å²) in [5.74, 6) is 0.510. The van der Waals surface area contributed by atoms with Gasteiger partial charge in [-0.25, -0.2) is 13.1 Å². The van der Waals surface area contributed by atoms with E-state index in [2.05, 4.69) is 9.71 Å². The van der Waals surface area contributed by atoms with Gasteiger partial charge in [-0.05, 0) is 18.2 Å². The van der Waals surface area contributed by atoms with Crippen molar-refractivity contribution in [3.8, 4) is 5.75 Å². The minimum atomic E-state index is -3.70. The highest BCUT2D eigenvalue weighted by atomic mass is 35.5. The van der Waals surface area contributed by atoms with E-state index >= 15 is 0 Å². The average molecular weight is 331 g/mol. The minimum absolute atomic E-state index is 0.00478. The third kappa shape index (κ3) is 3.56. The van der Waals surface area contributed by atoms with E-state index < -0.39 is 10.0 Å². The molecule has 2 aromatic rings. The maximum atomic E-state index is 12.1. The van der Waals surface area contributed by atoms with Gasteiger partial charge >= 0.3 is 0 Å². The molecular formula is C13H15ClN2O4S. The highest BCUT2D eigenvalue weighted by Gasteiger charge is 2.17. The first kappa shape index (κ1) is 15.8. The van der Waals surface area contributed by atoms with Gasteiger partial charge < -0.3 is 14.8 Å². The zero-order valence-corrected chi connectivity index (χ0v) is 12.8. The summed E-state index contributed by atoms with van der Waals surface area (Å²) < 4.78 is 31.9. The predicted molar refractivity (Wildman–Crippen MR) is 78.7 cm³/mol. The van der Waals surface area contributed by atoms with Gasteiger partial charge in [-0.1, -0.05) is 17.7 Å². The molecule has 0 atom stereocenters. The summed E-state index contributed by atoms with van der Waals surface area (Å²) in [5.41, 5.74) is 0.980. The number of sulfonamides is 1. The van der Waals surface area contributed by atoms with Crippen LogP contribution in [0.5, 0.6) is 5.75 Å². The number of H-pyrrole nitrogens is 1. The number of hydrogen-bond donors (Lipinski definition) is 3. The van der Waals surface area contributed by atoms with E-state index in [1.807, 2.05) is 0 Å². The monoisotopic (exact) mass is 330 g/mol. The van der Waals surface area contributed by atoms with Gasteiger partial charge in [-0.2, -0.15) is 0 Å². The first-order chi connectivity index (χ1) is 9.97. The van der Waals surface area contributed by atoms with Crippen molar-refractivity contribution in [2.75, 3.05) is 7.11 Å². The number of benzene rings is 1. The molecule has 1 heterocycles. The molecule has 0 aliphatic rings. The number of methoxy groups -OCH3 is 1. The summed E-state index contributed by atoms with van der Waals surface area (Å²) >= 11 is 6.06. The molecule has 0 bridgehead atoms. The molecule has 0 unspecified atom stereocenters. The van der Waals surface area contributed by atoms with E-state index in [9.17, 15) is 8.42 Å². The second kappa shape index (κ2) is 6.48. The predicted octanol–water partition coefficient (Wildman–Crippen LogP) is 1.65. The second-order valence-corrected chi connectivity index (χ2v) is 6.44. The van der Waals surface area contributed by atoms with Crippen LogP contribution in [0.2, 0.25) is 5.02 Å². The summed E-state index contributed by atoms with van der Waals surface area (Å²) in [7, 11) is -2.21. The largest absolute Gasteiger partial charge is 0.496 e. The molecule has 0 saturated carbocycles. The fourth-order valence-electron chi connectivity index (χ4n) is 1.82. The molecule has 0 saturated heterocycles. The molecule has 1 aromatic carbocycles. The third-order valence-corrected chi connectivity index (χ3v) is 4.67. The lowest BCUT2D eigenvalue weighted by atomic mass is 10.2. The second-order valence-electron chi connectivity index (χ2n) is 4.26. The Balaban J connectivity index is 2.19. The quantitative estimate of drug-likeness (QED) is 0.751. The zero-order valence-electron chi connectivity index (χ0n) is 11.3. The molecule has 114 valence electrons. The molecular weight excluding hydrogens is 316 g/mol. The molecule has 0 aliphatic carbocycles. The number of aromatic amines is 1. The highest BCUT2D eigenvalue weighted by molar-refractivity contribution is 7.89. The highest BCUT2D eigenvalue weighted by Crippen LogP contribution is 2.26. The Morgan fingerprint density at radius 1 is 1.43 bits per heavy atom. The van der Waals surface area contributed by atoms with Crippen LogP contribution >= 0.6 is 11.6 Å². The lowest BCUT2D eigenvalue weighted by Gasteiger charge is -2.11. The van der Waals surface area contributed by atoms with Gasteiger partial charge in [0, 0.05) is 29.0 Å². The number of aliphatic hydroxyl groups excluding tert-OH is 1. The molecule has 0 radical (unpaired) electrons. The van der Waals surface area contributed by atoms with E-state index in [0.29, 0.717) is 22.0 Å². The van der Waals surface area contributed by atoms with Gasteiger partial charge in [0.2, 0.25) is 10.0 Å². The van der Waals surface area contributed by atoms with E-state index in [-0.39, 0.29) is 18.0 Å². The molecule has 8 heteroatoms. The van der Waals surface area contributed by atoms with Gasteiger partial charge in [-0.3, -0.25) is 0 Å². The summed E-state index contributed by atoms with van der Waals surface area (Å²) in [6.07, 6.45) is 1.32. The summed E-state index contributed by atoms with van der Waals surface area (Å²) in [6, 6.07) is 6.45. The van der Waals surface area contributed by atoms with Crippen LogP contribution in [-0.4, -0.2) is 25.6 Å². The Bertz CT molecular complexity index is 728. The van der Waals surface area contributed by atoms with Crippen LogP contribution < -0.4 is 9.46 Å². The number of aliphatic hydroxyl groups is 1.